The number of aromatic nitrogens is 2. The van der Waals surface area contributed by atoms with Crippen LogP contribution in [0.15, 0.2) is 57.3 Å². The number of thioether (sulfide) groups is 1. The number of hydrogen-bond donors (Lipinski definition) is 1. The molecule has 0 atom stereocenters. The second-order valence-electron chi connectivity index (χ2n) is 7.70. The lowest BCUT2D eigenvalue weighted by Gasteiger charge is -2.12. The maximum Gasteiger partial charge on any atom is 0.287 e. The first kappa shape index (κ1) is 22.4. The number of fused-ring (bicyclic) bond motifs is 1. The summed E-state index contributed by atoms with van der Waals surface area (Å²) in [4.78, 5) is 15.0. The van der Waals surface area contributed by atoms with Crippen LogP contribution in [0.5, 0.6) is 0 Å². The zero-order chi connectivity index (χ0) is 22.5. The van der Waals surface area contributed by atoms with E-state index in [4.69, 9.17) is 4.42 Å². The van der Waals surface area contributed by atoms with Gasteiger partial charge in [0.2, 0.25) is 0 Å². The van der Waals surface area contributed by atoms with Crippen LogP contribution in [0.1, 0.15) is 33.1 Å². The Bertz CT molecular complexity index is 1200. The van der Waals surface area contributed by atoms with Gasteiger partial charge in [0.15, 0.2) is 10.1 Å². The van der Waals surface area contributed by atoms with Gasteiger partial charge in [0.05, 0.1) is 0 Å². The van der Waals surface area contributed by atoms with Gasteiger partial charge in [-0.2, -0.15) is 0 Å². The molecule has 1 N–H and O–H groups in total. The molecule has 0 fully saturated rings. The Balaban J connectivity index is 1.39. The molecule has 0 saturated heterocycles. The van der Waals surface area contributed by atoms with Gasteiger partial charge in [-0.05, 0) is 43.5 Å². The van der Waals surface area contributed by atoms with Crippen LogP contribution < -0.4 is 10.2 Å². The summed E-state index contributed by atoms with van der Waals surface area (Å²) in [6, 6.07) is 16.3. The van der Waals surface area contributed by atoms with E-state index < -0.39 is 0 Å². The summed E-state index contributed by atoms with van der Waals surface area (Å²) < 4.78 is 6.83. The Labute approximate surface area is 196 Å². The van der Waals surface area contributed by atoms with Crippen molar-refractivity contribution in [2.45, 2.75) is 29.9 Å². The summed E-state index contributed by atoms with van der Waals surface area (Å²) in [6.45, 7) is 2.53. The van der Waals surface area contributed by atoms with Gasteiger partial charge in [-0.25, -0.2) is 0 Å². The second kappa shape index (κ2) is 10.2. The van der Waals surface area contributed by atoms with E-state index in [-0.39, 0.29) is 5.91 Å². The van der Waals surface area contributed by atoms with Gasteiger partial charge >= 0.3 is 0 Å². The van der Waals surface area contributed by atoms with Crippen LogP contribution in [0.2, 0.25) is 0 Å². The highest BCUT2D eigenvalue weighted by molar-refractivity contribution is 8.00. The van der Waals surface area contributed by atoms with Crippen LogP contribution in [-0.2, 0) is 12.2 Å². The van der Waals surface area contributed by atoms with Gasteiger partial charge in [-0.3, -0.25) is 4.79 Å². The minimum Gasteiger partial charge on any atom is -0.451 e. The van der Waals surface area contributed by atoms with Gasteiger partial charge in [-0.15, -0.1) is 10.2 Å². The van der Waals surface area contributed by atoms with Gasteiger partial charge < -0.3 is 14.6 Å². The van der Waals surface area contributed by atoms with Crippen molar-refractivity contribution in [3.8, 4) is 0 Å². The molecule has 2 heterocycles. The fourth-order valence-corrected chi connectivity index (χ4v) is 5.27. The summed E-state index contributed by atoms with van der Waals surface area (Å²) in [5, 5.41) is 13.2. The smallest absolute Gasteiger partial charge is 0.287 e. The fraction of sp³-hybridized carbons (Fsp3) is 0.292. The summed E-state index contributed by atoms with van der Waals surface area (Å²) in [5.74, 6) is 0.815. The van der Waals surface area contributed by atoms with Crippen molar-refractivity contribution in [1.82, 2.24) is 15.5 Å². The molecule has 4 aromatic rings. The number of hydrogen-bond acceptors (Lipinski definition) is 7. The second-order valence-corrected chi connectivity index (χ2v) is 10.1. The molecule has 6 nitrogen and oxygen atoms in total. The van der Waals surface area contributed by atoms with Gasteiger partial charge in [0.25, 0.3) is 5.91 Å². The average Bonchev–Trinajstić information content (AvgIpc) is 3.38. The number of furan rings is 1. The number of carbonyl (C=O) groups is 1. The van der Waals surface area contributed by atoms with E-state index in [1.165, 1.54) is 11.3 Å². The lowest BCUT2D eigenvalue weighted by atomic mass is 10.1. The Morgan fingerprint density at radius 3 is 2.62 bits per heavy atom. The quantitative estimate of drug-likeness (QED) is 0.266. The van der Waals surface area contributed by atoms with Crippen LogP contribution in [-0.4, -0.2) is 36.7 Å². The van der Waals surface area contributed by atoms with Gasteiger partial charge in [0, 0.05) is 43.0 Å². The molecule has 0 radical (unpaired) electrons. The zero-order valence-electron chi connectivity index (χ0n) is 18.4. The van der Waals surface area contributed by atoms with Crippen molar-refractivity contribution >= 4 is 45.7 Å². The van der Waals surface area contributed by atoms with E-state index in [0.717, 1.165) is 38.7 Å². The third-order valence-corrected chi connectivity index (χ3v) is 7.13. The number of para-hydroxylation sites is 1. The Hall–Kier alpha value is -2.84. The lowest BCUT2D eigenvalue weighted by molar-refractivity contribution is 0.0926. The first-order valence-electron chi connectivity index (χ1n) is 10.5. The number of carbonyl (C=O) groups excluding carboxylic acids is 1. The predicted molar refractivity (Wildman–Crippen MR) is 132 cm³/mol. The standard InChI is InChI=1S/C24H26N4O2S2/c1-16-26-27-24(32-16)31-15-20-19-8-4-5-9-21(19)30-22(20)23(29)25-14-6-7-17-10-12-18(13-11-17)28(2)3/h4-5,8-13H,6-7,14-15H2,1-3H3,(H,25,29). The molecular weight excluding hydrogens is 440 g/mol. The number of anilines is 1. The summed E-state index contributed by atoms with van der Waals surface area (Å²) in [5.41, 5.74) is 4.07. The molecule has 2 aromatic carbocycles. The average molecular weight is 467 g/mol. The number of amides is 1. The van der Waals surface area contributed by atoms with Gasteiger partial charge in [0.1, 0.15) is 10.6 Å². The normalized spacial score (nSPS) is 11.1. The number of benzene rings is 2. The molecule has 0 bridgehead atoms. The van der Waals surface area contributed by atoms with Crippen molar-refractivity contribution < 1.29 is 9.21 Å². The van der Waals surface area contributed by atoms with Crippen molar-refractivity contribution in [3.63, 3.8) is 0 Å². The van der Waals surface area contributed by atoms with Gasteiger partial charge in [-0.1, -0.05) is 53.4 Å². The van der Waals surface area contributed by atoms with E-state index in [0.29, 0.717) is 18.1 Å². The zero-order valence-corrected chi connectivity index (χ0v) is 20.1. The van der Waals surface area contributed by atoms with Crippen LogP contribution in [0.3, 0.4) is 0 Å². The molecule has 0 spiro atoms. The largest absolute Gasteiger partial charge is 0.451 e. The van der Waals surface area contributed by atoms with Crippen LogP contribution >= 0.6 is 23.1 Å². The van der Waals surface area contributed by atoms with Crippen molar-refractivity contribution in [3.05, 3.63) is 70.4 Å². The van der Waals surface area contributed by atoms with E-state index in [1.807, 2.05) is 45.3 Å². The number of aryl methyl sites for hydroxylation is 2. The molecule has 4 rings (SSSR count). The van der Waals surface area contributed by atoms with Crippen molar-refractivity contribution in [2.75, 3.05) is 25.5 Å². The molecule has 0 unspecified atom stereocenters. The number of rotatable bonds is 9. The fourth-order valence-electron chi connectivity index (χ4n) is 3.43. The highest BCUT2D eigenvalue weighted by Crippen LogP contribution is 2.33. The third kappa shape index (κ3) is 5.31. The molecule has 32 heavy (non-hydrogen) atoms. The minimum atomic E-state index is -0.173. The maximum atomic E-state index is 12.9. The monoisotopic (exact) mass is 466 g/mol. The minimum absolute atomic E-state index is 0.173. The van der Waals surface area contributed by atoms with Crippen molar-refractivity contribution in [2.24, 2.45) is 0 Å². The summed E-state index contributed by atoms with van der Waals surface area (Å²) >= 11 is 3.13. The molecule has 2 aromatic heterocycles. The SMILES string of the molecule is Cc1nnc(SCc2c(C(=O)NCCCc3ccc(N(C)C)cc3)oc3ccccc23)s1. The Morgan fingerprint density at radius 2 is 1.91 bits per heavy atom. The molecule has 166 valence electrons. The molecule has 0 saturated carbocycles. The maximum absolute atomic E-state index is 12.9. The topological polar surface area (TPSA) is 71.3 Å². The molecule has 0 aliphatic heterocycles. The number of nitrogens with zero attached hydrogens (tertiary/aromatic N) is 3. The summed E-state index contributed by atoms with van der Waals surface area (Å²) in [6.07, 6.45) is 1.77. The summed E-state index contributed by atoms with van der Waals surface area (Å²) in [7, 11) is 4.06. The molecule has 1 amide bonds. The highest BCUT2D eigenvalue weighted by atomic mass is 32.2. The molecule has 0 aliphatic rings. The highest BCUT2D eigenvalue weighted by Gasteiger charge is 2.20. The van der Waals surface area contributed by atoms with E-state index in [9.17, 15) is 4.79 Å². The van der Waals surface area contributed by atoms with E-state index in [2.05, 4.69) is 44.7 Å². The van der Waals surface area contributed by atoms with E-state index in [1.54, 1.807) is 23.1 Å². The van der Waals surface area contributed by atoms with Crippen molar-refractivity contribution in [1.29, 1.82) is 0 Å². The molecule has 0 aliphatic carbocycles. The van der Waals surface area contributed by atoms with E-state index >= 15 is 0 Å². The first-order valence-corrected chi connectivity index (χ1v) is 12.3. The Morgan fingerprint density at radius 1 is 1.12 bits per heavy atom. The molecule has 8 heteroatoms. The first-order chi connectivity index (χ1) is 15.5. The predicted octanol–water partition coefficient (Wildman–Crippen LogP) is 5.31. The molecular formula is C24H26N4O2S2. The Kier molecular flexibility index (Phi) is 7.12. The van der Waals surface area contributed by atoms with Crippen LogP contribution in [0.25, 0.3) is 11.0 Å². The van der Waals surface area contributed by atoms with Crippen LogP contribution in [0, 0.1) is 6.92 Å². The lowest BCUT2D eigenvalue weighted by Crippen LogP contribution is -2.25. The third-order valence-electron chi connectivity index (χ3n) is 5.13. The van der Waals surface area contributed by atoms with Crippen LogP contribution in [0.4, 0.5) is 5.69 Å². The number of nitrogens with one attached hydrogen (secondary N) is 1.